The molecule has 3 N–H and O–H groups in total. The Balaban J connectivity index is 1.89. The van der Waals surface area contributed by atoms with Crippen LogP contribution in [0.1, 0.15) is 62.4 Å². The highest BCUT2D eigenvalue weighted by atomic mass is 16.2. The smallest absolute Gasteiger partial charge is 0.274 e. The second kappa shape index (κ2) is 8.45. The second-order valence-electron chi connectivity index (χ2n) is 7.21. The minimum atomic E-state index is -0.203. The van der Waals surface area contributed by atoms with Gasteiger partial charge in [0.1, 0.15) is 0 Å². The van der Waals surface area contributed by atoms with Gasteiger partial charge in [0, 0.05) is 24.0 Å². The van der Waals surface area contributed by atoms with Crippen LogP contribution in [0.3, 0.4) is 0 Å². The standard InChI is InChI=1S/C20H28N4O2/c1-2-3-6-13-24-20(26)17-8-5-4-7-16(17)18(23-24)19(25)22-15-11-9-14(21)10-12-15/h4-5,7-8,14-15H,2-3,6,9-13,21H2,1H3,(H,22,25). The Morgan fingerprint density at radius 1 is 1.19 bits per heavy atom. The predicted molar refractivity (Wildman–Crippen MR) is 103 cm³/mol. The van der Waals surface area contributed by atoms with E-state index in [-0.39, 0.29) is 23.6 Å². The molecule has 0 radical (unpaired) electrons. The van der Waals surface area contributed by atoms with Gasteiger partial charge < -0.3 is 11.1 Å². The molecule has 1 saturated carbocycles. The van der Waals surface area contributed by atoms with E-state index in [9.17, 15) is 9.59 Å². The average molecular weight is 356 g/mol. The lowest BCUT2D eigenvalue weighted by Gasteiger charge is -2.26. The molecule has 2 aromatic rings. The molecule has 0 saturated heterocycles. The van der Waals surface area contributed by atoms with Gasteiger partial charge in [0.25, 0.3) is 11.5 Å². The van der Waals surface area contributed by atoms with Crippen molar-refractivity contribution < 1.29 is 4.79 Å². The van der Waals surface area contributed by atoms with Gasteiger partial charge in [0.15, 0.2) is 5.69 Å². The van der Waals surface area contributed by atoms with E-state index in [0.717, 1.165) is 44.9 Å². The first-order valence-corrected chi connectivity index (χ1v) is 9.66. The Hall–Kier alpha value is -2.21. The Morgan fingerprint density at radius 3 is 2.58 bits per heavy atom. The van der Waals surface area contributed by atoms with Gasteiger partial charge in [-0.1, -0.05) is 38.0 Å². The van der Waals surface area contributed by atoms with Gasteiger partial charge in [-0.2, -0.15) is 5.10 Å². The van der Waals surface area contributed by atoms with Crippen molar-refractivity contribution >= 4 is 16.7 Å². The molecule has 0 atom stereocenters. The van der Waals surface area contributed by atoms with Crippen molar-refractivity contribution in [3.8, 4) is 0 Å². The molecule has 0 spiro atoms. The van der Waals surface area contributed by atoms with E-state index < -0.39 is 0 Å². The molecule has 26 heavy (non-hydrogen) atoms. The zero-order valence-corrected chi connectivity index (χ0v) is 15.4. The number of carbonyl (C=O) groups is 1. The fraction of sp³-hybridized carbons (Fsp3) is 0.550. The fourth-order valence-corrected chi connectivity index (χ4v) is 3.58. The second-order valence-corrected chi connectivity index (χ2v) is 7.21. The fourth-order valence-electron chi connectivity index (χ4n) is 3.58. The van der Waals surface area contributed by atoms with E-state index in [2.05, 4.69) is 17.3 Å². The van der Waals surface area contributed by atoms with Crippen LogP contribution >= 0.6 is 0 Å². The maximum atomic E-state index is 12.9. The third kappa shape index (κ3) is 4.12. The number of hydrogen-bond donors (Lipinski definition) is 2. The van der Waals surface area contributed by atoms with Crippen LogP contribution in [0.4, 0.5) is 0 Å². The van der Waals surface area contributed by atoms with Gasteiger partial charge in [0.05, 0.1) is 5.39 Å². The molecule has 0 unspecified atom stereocenters. The highest BCUT2D eigenvalue weighted by molar-refractivity contribution is 6.04. The summed E-state index contributed by atoms with van der Waals surface area (Å²) < 4.78 is 1.45. The first-order chi connectivity index (χ1) is 12.6. The number of nitrogens with one attached hydrogen (secondary N) is 1. The normalized spacial score (nSPS) is 20.2. The average Bonchev–Trinajstić information content (AvgIpc) is 2.65. The lowest BCUT2D eigenvalue weighted by molar-refractivity contribution is 0.0920. The molecular formula is C20H28N4O2. The molecule has 0 bridgehead atoms. The largest absolute Gasteiger partial charge is 0.348 e. The predicted octanol–water partition coefficient (Wildman–Crippen LogP) is 2.59. The maximum Gasteiger partial charge on any atom is 0.274 e. The molecule has 1 fully saturated rings. The third-order valence-corrected chi connectivity index (χ3v) is 5.16. The number of fused-ring (bicyclic) bond motifs is 1. The third-order valence-electron chi connectivity index (χ3n) is 5.16. The molecule has 1 aromatic carbocycles. The zero-order chi connectivity index (χ0) is 18.5. The molecular weight excluding hydrogens is 328 g/mol. The number of amides is 1. The quantitative estimate of drug-likeness (QED) is 0.779. The van der Waals surface area contributed by atoms with E-state index in [1.54, 1.807) is 12.1 Å². The molecule has 1 aromatic heterocycles. The highest BCUT2D eigenvalue weighted by Crippen LogP contribution is 2.19. The van der Waals surface area contributed by atoms with Crippen LogP contribution in [0, 0.1) is 0 Å². The van der Waals surface area contributed by atoms with Gasteiger partial charge >= 0.3 is 0 Å². The van der Waals surface area contributed by atoms with Crippen molar-refractivity contribution in [3.05, 3.63) is 40.3 Å². The number of nitrogens with two attached hydrogens (primary N) is 1. The Morgan fingerprint density at radius 2 is 1.88 bits per heavy atom. The summed E-state index contributed by atoms with van der Waals surface area (Å²) in [6.07, 6.45) is 6.61. The van der Waals surface area contributed by atoms with E-state index >= 15 is 0 Å². The minimum absolute atomic E-state index is 0.128. The van der Waals surface area contributed by atoms with E-state index in [1.165, 1.54) is 4.68 Å². The molecule has 1 heterocycles. The summed E-state index contributed by atoms with van der Waals surface area (Å²) >= 11 is 0. The lowest BCUT2D eigenvalue weighted by Crippen LogP contribution is -2.41. The highest BCUT2D eigenvalue weighted by Gasteiger charge is 2.23. The van der Waals surface area contributed by atoms with Gasteiger partial charge in [0.2, 0.25) is 0 Å². The van der Waals surface area contributed by atoms with Crippen molar-refractivity contribution in [2.75, 3.05) is 0 Å². The van der Waals surface area contributed by atoms with Gasteiger partial charge in [-0.25, -0.2) is 4.68 Å². The van der Waals surface area contributed by atoms with Crippen molar-refractivity contribution in [1.82, 2.24) is 15.1 Å². The first kappa shape index (κ1) is 18.6. The molecule has 1 amide bonds. The Bertz CT molecular complexity index is 822. The summed E-state index contributed by atoms with van der Waals surface area (Å²) in [5.74, 6) is -0.203. The molecule has 3 rings (SSSR count). The minimum Gasteiger partial charge on any atom is -0.348 e. The number of aromatic nitrogens is 2. The maximum absolute atomic E-state index is 12.9. The van der Waals surface area contributed by atoms with E-state index in [0.29, 0.717) is 23.0 Å². The van der Waals surface area contributed by atoms with Crippen molar-refractivity contribution in [3.63, 3.8) is 0 Å². The van der Waals surface area contributed by atoms with E-state index in [1.807, 2.05) is 12.1 Å². The zero-order valence-electron chi connectivity index (χ0n) is 15.4. The van der Waals surface area contributed by atoms with Crippen LogP contribution in [0.15, 0.2) is 29.1 Å². The molecule has 6 heteroatoms. The number of nitrogens with zero attached hydrogens (tertiary/aromatic N) is 2. The number of hydrogen-bond acceptors (Lipinski definition) is 4. The molecule has 0 aliphatic heterocycles. The van der Waals surface area contributed by atoms with Crippen LogP contribution in [0.25, 0.3) is 10.8 Å². The summed E-state index contributed by atoms with van der Waals surface area (Å²) in [4.78, 5) is 25.6. The summed E-state index contributed by atoms with van der Waals surface area (Å²) in [7, 11) is 0. The summed E-state index contributed by atoms with van der Waals surface area (Å²) in [6.45, 7) is 2.65. The van der Waals surface area contributed by atoms with Gasteiger partial charge in [-0.15, -0.1) is 0 Å². The first-order valence-electron chi connectivity index (χ1n) is 9.66. The van der Waals surface area contributed by atoms with Crippen molar-refractivity contribution in [1.29, 1.82) is 0 Å². The molecule has 1 aliphatic rings. The summed E-state index contributed by atoms with van der Waals surface area (Å²) in [5.41, 5.74) is 6.16. The molecule has 1 aliphatic carbocycles. The van der Waals surface area contributed by atoms with Gasteiger partial charge in [-0.05, 0) is 38.2 Å². The SMILES string of the molecule is CCCCCn1nc(C(=O)NC2CCC(N)CC2)c2ccccc2c1=O. The van der Waals surface area contributed by atoms with Crippen LogP contribution < -0.4 is 16.6 Å². The molecule has 6 nitrogen and oxygen atoms in total. The van der Waals surface area contributed by atoms with Crippen LogP contribution in [-0.4, -0.2) is 27.8 Å². The van der Waals surface area contributed by atoms with Crippen molar-refractivity contribution in [2.24, 2.45) is 5.73 Å². The Labute approximate surface area is 153 Å². The van der Waals surface area contributed by atoms with Crippen LogP contribution in [0.5, 0.6) is 0 Å². The number of aryl methyl sites for hydroxylation is 1. The topological polar surface area (TPSA) is 90.0 Å². The van der Waals surface area contributed by atoms with Crippen molar-refractivity contribution in [2.45, 2.75) is 70.5 Å². The molecule has 140 valence electrons. The van der Waals surface area contributed by atoms with Crippen LogP contribution in [-0.2, 0) is 6.54 Å². The number of unbranched alkanes of at least 4 members (excludes halogenated alkanes) is 2. The lowest BCUT2D eigenvalue weighted by atomic mass is 9.92. The summed E-state index contributed by atoms with van der Waals surface area (Å²) in [5, 5.41) is 8.68. The number of benzene rings is 1. The van der Waals surface area contributed by atoms with Gasteiger partial charge in [-0.3, -0.25) is 9.59 Å². The van der Waals surface area contributed by atoms with Crippen LogP contribution in [0.2, 0.25) is 0 Å². The Kier molecular flexibility index (Phi) is 6.04. The number of rotatable bonds is 6. The van der Waals surface area contributed by atoms with E-state index in [4.69, 9.17) is 5.73 Å². The number of carbonyl (C=O) groups excluding carboxylic acids is 1. The summed E-state index contributed by atoms with van der Waals surface area (Å²) in [6, 6.07) is 7.59. The monoisotopic (exact) mass is 356 g/mol.